The first-order valence-corrected chi connectivity index (χ1v) is 12.2. The van der Waals surface area contributed by atoms with E-state index in [0.29, 0.717) is 11.2 Å². The number of aryl methyl sites for hydroxylation is 1. The SMILES string of the molecule is Cc1ccc2nc(C(N)=O)nc(-c3sc4ccccc4c3N[C@H]3CCCC[C@H]3NC(=N)N)c2c1.Cl.Cl. The van der Waals surface area contributed by atoms with Crippen molar-refractivity contribution in [1.82, 2.24) is 15.3 Å². The van der Waals surface area contributed by atoms with Crippen molar-refractivity contribution in [3.63, 3.8) is 0 Å². The fourth-order valence-corrected chi connectivity index (χ4v) is 5.91. The maximum Gasteiger partial charge on any atom is 0.286 e. The fraction of sp³-hybridized carbons (Fsp3) is 0.280. The Morgan fingerprint density at radius 3 is 2.47 bits per heavy atom. The normalized spacial score (nSPS) is 17.1. The zero-order chi connectivity index (χ0) is 23.8. The van der Waals surface area contributed by atoms with E-state index < -0.39 is 5.91 Å². The van der Waals surface area contributed by atoms with Gasteiger partial charge in [-0.1, -0.05) is 42.7 Å². The lowest BCUT2D eigenvalue weighted by atomic mass is 9.90. The number of halogens is 2. The minimum atomic E-state index is -0.655. The third-order valence-corrected chi connectivity index (χ3v) is 7.50. The molecule has 0 bridgehead atoms. The van der Waals surface area contributed by atoms with E-state index in [-0.39, 0.29) is 48.7 Å². The molecule has 0 radical (unpaired) electrons. The number of thiophene rings is 1. The molecule has 11 heteroatoms. The zero-order valence-electron chi connectivity index (χ0n) is 19.7. The van der Waals surface area contributed by atoms with Crippen LogP contribution in [0.5, 0.6) is 0 Å². The molecule has 1 fully saturated rings. The number of carbonyl (C=O) groups is 1. The van der Waals surface area contributed by atoms with Crippen molar-refractivity contribution >= 4 is 74.7 Å². The summed E-state index contributed by atoms with van der Waals surface area (Å²) in [5, 5.41) is 16.6. The predicted molar refractivity (Wildman–Crippen MR) is 153 cm³/mol. The summed E-state index contributed by atoms with van der Waals surface area (Å²) in [4.78, 5) is 22.0. The van der Waals surface area contributed by atoms with Gasteiger partial charge in [0.05, 0.1) is 21.8 Å². The van der Waals surface area contributed by atoms with E-state index in [9.17, 15) is 4.79 Å². The quantitative estimate of drug-likeness (QED) is 0.177. The molecule has 4 aromatic rings. The summed E-state index contributed by atoms with van der Waals surface area (Å²) < 4.78 is 1.12. The molecule has 7 N–H and O–H groups in total. The maximum absolute atomic E-state index is 12.1. The molecule has 1 saturated carbocycles. The van der Waals surface area contributed by atoms with Gasteiger partial charge < -0.3 is 22.1 Å². The van der Waals surface area contributed by atoms with E-state index in [1.54, 1.807) is 11.3 Å². The van der Waals surface area contributed by atoms with Crippen molar-refractivity contribution in [3.8, 4) is 10.6 Å². The van der Waals surface area contributed by atoms with Crippen LogP contribution in [0.15, 0.2) is 42.5 Å². The van der Waals surface area contributed by atoms with Gasteiger partial charge in [0.25, 0.3) is 5.91 Å². The lowest BCUT2D eigenvalue weighted by molar-refractivity contribution is 0.0991. The molecular weight excluding hydrogens is 517 g/mol. The summed E-state index contributed by atoms with van der Waals surface area (Å²) in [5.74, 6) is -0.668. The van der Waals surface area contributed by atoms with Crippen LogP contribution in [0.2, 0.25) is 0 Å². The van der Waals surface area contributed by atoms with E-state index in [0.717, 1.165) is 57.3 Å². The predicted octanol–water partition coefficient (Wildman–Crippen LogP) is 4.97. The molecule has 2 atom stereocenters. The maximum atomic E-state index is 12.1. The zero-order valence-corrected chi connectivity index (χ0v) is 22.2. The number of hydrogen-bond donors (Lipinski definition) is 5. The van der Waals surface area contributed by atoms with Crippen LogP contribution in [-0.4, -0.2) is 33.9 Å². The van der Waals surface area contributed by atoms with Crippen molar-refractivity contribution in [2.75, 3.05) is 5.32 Å². The van der Waals surface area contributed by atoms with Crippen LogP contribution >= 0.6 is 36.2 Å². The van der Waals surface area contributed by atoms with Crippen molar-refractivity contribution in [2.24, 2.45) is 11.5 Å². The number of benzene rings is 2. The number of rotatable bonds is 5. The molecule has 190 valence electrons. The number of nitrogens with zero attached hydrogens (tertiary/aromatic N) is 2. The average molecular weight is 547 g/mol. The van der Waals surface area contributed by atoms with Crippen molar-refractivity contribution in [2.45, 2.75) is 44.7 Å². The molecule has 0 saturated heterocycles. The second kappa shape index (κ2) is 11.3. The van der Waals surface area contributed by atoms with Crippen LogP contribution in [0, 0.1) is 12.3 Å². The monoisotopic (exact) mass is 545 g/mol. The van der Waals surface area contributed by atoms with Crippen LogP contribution in [0.3, 0.4) is 0 Å². The molecule has 36 heavy (non-hydrogen) atoms. The van der Waals surface area contributed by atoms with Crippen LogP contribution in [-0.2, 0) is 0 Å². The molecule has 0 aliphatic heterocycles. The first kappa shape index (κ1) is 27.4. The Morgan fingerprint density at radius 2 is 1.75 bits per heavy atom. The number of aromatic nitrogens is 2. The minimum Gasteiger partial charge on any atom is -0.379 e. The van der Waals surface area contributed by atoms with Gasteiger partial charge in [0.15, 0.2) is 5.96 Å². The van der Waals surface area contributed by atoms with E-state index in [4.69, 9.17) is 16.9 Å². The summed E-state index contributed by atoms with van der Waals surface area (Å²) in [5.41, 5.74) is 14.7. The number of anilines is 1. The first-order valence-electron chi connectivity index (χ1n) is 11.4. The highest BCUT2D eigenvalue weighted by molar-refractivity contribution is 7.23. The standard InChI is InChI=1S/C25H27N7OS.2ClH/c1-13-10-11-16-15(12-13)21(32-24(30-16)23(26)33)22-20(14-6-2-5-9-19(14)34-22)29-17-7-3-4-8-18(17)31-25(27)28;;/h2,5-6,9-12,17-18,29H,3-4,7-8H2,1H3,(H2,26,33)(H4,27,28,31);2*1H/t17-,18+;;/m0../s1. The summed E-state index contributed by atoms with van der Waals surface area (Å²) in [6, 6.07) is 14.3. The van der Waals surface area contributed by atoms with Gasteiger partial charge in [-0.25, -0.2) is 9.97 Å². The van der Waals surface area contributed by atoms with E-state index in [2.05, 4.69) is 32.7 Å². The van der Waals surface area contributed by atoms with Gasteiger partial charge in [-0.2, -0.15) is 0 Å². The van der Waals surface area contributed by atoms with Gasteiger partial charge in [0.1, 0.15) is 0 Å². The number of fused-ring (bicyclic) bond motifs is 2. The number of guanidine groups is 1. The summed E-state index contributed by atoms with van der Waals surface area (Å²) in [6.45, 7) is 2.02. The summed E-state index contributed by atoms with van der Waals surface area (Å²) in [6.07, 6.45) is 4.10. The molecule has 5 rings (SSSR count). The topological polar surface area (TPSA) is 143 Å². The van der Waals surface area contributed by atoms with E-state index in [1.165, 1.54) is 0 Å². The van der Waals surface area contributed by atoms with Gasteiger partial charge in [-0.3, -0.25) is 10.2 Å². The third-order valence-electron chi connectivity index (χ3n) is 6.32. The highest BCUT2D eigenvalue weighted by Crippen LogP contribution is 2.45. The van der Waals surface area contributed by atoms with Crippen LogP contribution in [0.4, 0.5) is 5.69 Å². The molecule has 1 amide bonds. The highest BCUT2D eigenvalue weighted by atomic mass is 35.5. The number of amides is 1. The largest absolute Gasteiger partial charge is 0.379 e. The minimum absolute atomic E-state index is 0. The Hall–Kier alpha value is -3.14. The number of primary amides is 1. The highest BCUT2D eigenvalue weighted by Gasteiger charge is 2.28. The number of hydrogen-bond acceptors (Lipinski definition) is 6. The summed E-state index contributed by atoms with van der Waals surface area (Å²) in [7, 11) is 0. The van der Waals surface area contributed by atoms with Crippen molar-refractivity contribution in [1.29, 1.82) is 5.41 Å². The number of carbonyl (C=O) groups excluding carboxylic acids is 1. The van der Waals surface area contributed by atoms with E-state index >= 15 is 0 Å². The Bertz CT molecular complexity index is 1420. The Kier molecular flexibility index (Phi) is 8.60. The Labute approximate surface area is 225 Å². The van der Waals surface area contributed by atoms with Crippen LogP contribution in [0.25, 0.3) is 31.6 Å². The number of nitrogens with two attached hydrogens (primary N) is 2. The fourth-order valence-electron chi connectivity index (χ4n) is 4.74. The lowest BCUT2D eigenvalue weighted by Crippen LogP contribution is -2.50. The van der Waals surface area contributed by atoms with Gasteiger partial charge in [0.2, 0.25) is 5.82 Å². The van der Waals surface area contributed by atoms with Crippen LogP contribution < -0.4 is 22.1 Å². The van der Waals surface area contributed by atoms with Gasteiger partial charge in [-0.15, -0.1) is 36.2 Å². The lowest BCUT2D eigenvalue weighted by Gasteiger charge is -2.33. The molecule has 0 spiro atoms. The first-order chi connectivity index (χ1) is 16.4. The molecule has 8 nitrogen and oxygen atoms in total. The van der Waals surface area contributed by atoms with Gasteiger partial charge in [0, 0.05) is 27.6 Å². The third kappa shape index (κ3) is 5.33. The number of nitrogens with one attached hydrogen (secondary N) is 3. The Balaban J connectivity index is 0.00000180. The molecule has 2 aromatic heterocycles. The van der Waals surface area contributed by atoms with Crippen LogP contribution in [0.1, 0.15) is 41.9 Å². The van der Waals surface area contributed by atoms with Gasteiger partial charge in [-0.05, 0) is 38.0 Å². The molecule has 0 unspecified atom stereocenters. The second-order valence-corrected chi connectivity index (χ2v) is 9.84. The second-order valence-electron chi connectivity index (χ2n) is 8.78. The molecular formula is C25H29Cl2N7OS. The molecule has 2 heterocycles. The molecule has 2 aromatic carbocycles. The van der Waals surface area contributed by atoms with E-state index in [1.807, 2.05) is 37.3 Å². The molecule has 1 aliphatic rings. The summed E-state index contributed by atoms with van der Waals surface area (Å²) >= 11 is 1.63. The molecule has 1 aliphatic carbocycles. The van der Waals surface area contributed by atoms with Crippen molar-refractivity contribution in [3.05, 3.63) is 53.9 Å². The smallest absolute Gasteiger partial charge is 0.286 e. The van der Waals surface area contributed by atoms with Gasteiger partial charge >= 0.3 is 0 Å². The average Bonchev–Trinajstić information content (AvgIpc) is 3.17. The Morgan fingerprint density at radius 1 is 1.03 bits per heavy atom. The van der Waals surface area contributed by atoms with Crippen molar-refractivity contribution < 1.29 is 4.79 Å².